The summed E-state index contributed by atoms with van der Waals surface area (Å²) in [5.41, 5.74) is 2.34. The summed E-state index contributed by atoms with van der Waals surface area (Å²) in [4.78, 5) is 17.1. The number of halogens is 2. The molecule has 1 atom stereocenters. The minimum Gasteiger partial charge on any atom is -0.436 e. The number of amides is 1. The minimum absolute atomic E-state index is 0.0792. The van der Waals surface area contributed by atoms with E-state index in [2.05, 4.69) is 25.3 Å². The van der Waals surface area contributed by atoms with Crippen LogP contribution in [0.15, 0.2) is 60.8 Å². The smallest absolute Gasteiger partial charge is 0.415 e. The van der Waals surface area contributed by atoms with Gasteiger partial charge in [-0.2, -0.15) is 0 Å². The van der Waals surface area contributed by atoms with Crippen LogP contribution in [0.1, 0.15) is 82.3 Å². The quantitative estimate of drug-likeness (QED) is 0.311. The fraction of sp³-hybridized carbons (Fsp3) is 0.516. The van der Waals surface area contributed by atoms with E-state index in [-0.39, 0.29) is 29.7 Å². The summed E-state index contributed by atoms with van der Waals surface area (Å²) in [5.74, 6) is -0.435. The standard InChI is InChI=1S/C31H40F2N2O2/c1-4-6-8-28(5-2)35-23(3)31(37-30(35)36)18-21-34(22-19-31)20-7-9-29(24-10-14-26(32)15-11-24)25-12-16-27(33)17-13-25/h10-17,28-29H,3-9,18-22H2,1-2H3. The van der Waals surface area contributed by atoms with E-state index >= 15 is 0 Å². The van der Waals surface area contributed by atoms with Crippen LogP contribution in [0.4, 0.5) is 13.6 Å². The van der Waals surface area contributed by atoms with Gasteiger partial charge in [0.05, 0.1) is 5.70 Å². The molecule has 200 valence electrons. The minimum atomic E-state index is -0.571. The van der Waals surface area contributed by atoms with Gasteiger partial charge in [0.1, 0.15) is 11.6 Å². The Morgan fingerprint density at radius 3 is 2.00 bits per heavy atom. The lowest BCUT2D eigenvalue weighted by Gasteiger charge is -2.39. The van der Waals surface area contributed by atoms with Crippen LogP contribution in [-0.4, -0.2) is 47.2 Å². The summed E-state index contributed by atoms with van der Waals surface area (Å²) in [6, 6.07) is 13.4. The molecule has 2 aromatic rings. The Balaban J connectivity index is 1.34. The molecular formula is C31H40F2N2O2. The van der Waals surface area contributed by atoms with Gasteiger partial charge in [-0.3, -0.25) is 4.90 Å². The molecule has 0 saturated carbocycles. The first-order valence-corrected chi connectivity index (χ1v) is 13.8. The first-order chi connectivity index (χ1) is 17.9. The number of benzene rings is 2. The highest BCUT2D eigenvalue weighted by Crippen LogP contribution is 2.42. The predicted octanol–water partition coefficient (Wildman–Crippen LogP) is 7.65. The molecule has 2 aliphatic rings. The molecule has 2 aromatic carbocycles. The maximum absolute atomic E-state index is 13.5. The lowest BCUT2D eigenvalue weighted by atomic mass is 9.86. The number of likely N-dealkylation sites (tertiary alicyclic amines) is 1. The zero-order valence-electron chi connectivity index (χ0n) is 22.2. The largest absolute Gasteiger partial charge is 0.436 e. The Morgan fingerprint density at radius 2 is 1.49 bits per heavy atom. The van der Waals surface area contributed by atoms with Crippen molar-refractivity contribution in [2.45, 2.75) is 82.8 Å². The fourth-order valence-electron chi connectivity index (χ4n) is 5.89. The SMILES string of the molecule is C=C1N(C(CC)CCCC)C(=O)OC12CCN(CCCC(c1ccc(F)cc1)c1ccc(F)cc1)CC2. The molecule has 0 bridgehead atoms. The van der Waals surface area contributed by atoms with Gasteiger partial charge < -0.3 is 9.64 Å². The van der Waals surface area contributed by atoms with Gasteiger partial charge >= 0.3 is 6.09 Å². The van der Waals surface area contributed by atoms with E-state index in [0.717, 1.165) is 87.8 Å². The fourth-order valence-corrected chi connectivity index (χ4v) is 5.89. The predicted molar refractivity (Wildman–Crippen MR) is 143 cm³/mol. The van der Waals surface area contributed by atoms with Crippen molar-refractivity contribution in [3.8, 4) is 0 Å². The molecule has 2 heterocycles. The Hall–Kier alpha value is -2.73. The first-order valence-electron chi connectivity index (χ1n) is 13.8. The molecule has 4 nitrogen and oxygen atoms in total. The second kappa shape index (κ2) is 12.2. The van der Waals surface area contributed by atoms with Crippen molar-refractivity contribution in [3.63, 3.8) is 0 Å². The Morgan fingerprint density at radius 1 is 0.919 bits per heavy atom. The van der Waals surface area contributed by atoms with Crippen LogP contribution in [0.25, 0.3) is 0 Å². The van der Waals surface area contributed by atoms with Crippen molar-refractivity contribution in [2.24, 2.45) is 0 Å². The van der Waals surface area contributed by atoms with Gasteiger partial charge in [0, 0.05) is 37.9 Å². The summed E-state index contributed by atoms with van der Waals surface area (Å²) in [6.45, 7) is 11.3. The molecule has 37 heavy (non-hydrogen) atoms. The van der Waals surface area contributed by atoms with Crippen LogP contribution < -0.4 is 0 Å². The molecular weight excluding hydrogens is 470 g/mol. The first kappa shape index (κ1) is 27.3. The average molecular weight is 511 g/mol. The maximum Gasteiger partial charge on any atom is 0.415 e. The Bertz CT molecular complexity index is 1000. The second-order valence-corrected chi connectivity index (χ2v) is 10.5. The number of piperidine rings is 1. The van der Waals surface area contributed by atoms with Crippen LogP contribution in [-0.2, 0) is 4.74 Å². The van der Waals surface area contributed by atoms with E-state index in [0.29, 0.717) is 0 Å². The van der Waals surface area contributed by atoms with E-state index in [1.807, 2.05) is 29.2 Å². The van der Waals surface area contributed by atoms with Gasteiger partial charge in [0.15, 0.2) is 5.60 Å². The van der Waals surface area contributed by atoms with Crippen molar-refractivity contribution in [1.29, 1.82) is 0 Å². The third kappa shape index (κ3) is 6.23. The normalized spacial score (nSPS) is 18.6. The van der Waals surface area contributed by atoms with Gasteiger partial charge in [0.25, 0.3) is 0 Å². The van der Waals surface area contributed by atoms with Crippen molar-refractivity contribution in [1.82, 2.24) is 9.80 Å². The van der Waals surface area contributed by atoms with E-state index in [1.165, 1.54) is 24.3 Å². The molecule has 0 radical (unpaired) electrons. The van der Waals surface area contributed by atoms with E-state index < -0.39 is 5.60 Å². The molecule has 6 heteroatoms. The molecule has 0 N–H and O–H groups in total. The van der Waals surface area contributed by atoms with Crippen molar-refractivity contribution < 1.29 is 18.3 Å². The Labute approximate surface area is 220 Å². The van der Waals surface area contributed by atoms with Gasteiger partial charge in [-0.25, -0.2) is 13.6 Å². The van der Waals surface area contributed by atoms with Crippen molar-refractivity contribution in [2.75, 3.05) is 19.6 Å². The van der Waals surface area contributed by atoms with Crippen LogP contribution in [0, 0.1) is 11.6 Å². The average Bonchev–Trinajstić information content (AvgIpc) is 3.14. The number of unbranched alkanes of at least 4 members (excludes halogenated alkanes) is 1. The number of hydrogen-bond acceptors (Lipinski definition) is 3. The molecule has 2 saturated heterocycles. The number of carbonyl (C=O) groups excluding carboxylic acids is 1. The summed E-state index contributed by atoms with van der Waals surface area (Å²) in [5, 5.41) is 0. The zero-order valence-corrected chi connectivity index (χ0v) is 22.2. The molecule has 1 amide bonds. The highest BCUT2D eigenvalue weighted by atomic mass is 19.1. The monoisotopic (exact) mass is 510 g/mol. The Kier molecular flexibility index (Phi) is 9.01. The van der Waals surface area contributed by atoms with Crippen LogP contribution >= 0.6 is 0 Å². The number of carbonyl (C=O) groups is 1. The number of hydrogen-bond donors (Lipinski definition) is 0. The number of ether oxygens (including phenoxy) is 1. The van der Waals surface area contributed by atoms with Gasteiger partial charge in [-0.15, -0.1) is 0 Å². The molecule has 1 spiro atoms. The van der Waals surface area contributed by atoms with Crippen molar-refractivity contribution >= 4 is 6.09 Å². The summed E-state index contributed by atoms with van der Waals surface area (Å²) < 4.78 is 33.1. The highest BCUT2D eigenvalue weighted by Gasteiger charge is 2.51. The third-order valence-electron chi connectivity index (χ3n) is 8.20. The summed E-state index contributed by atoms with van der Waals surface area (Å²) >= 11 is 0. The van der Waals surface area contributed by atoms with E-state index in [9.17, 15) is 13.6 Å². The zero-order chi connectivity index (χ0) is 26.4. The second-order valence-electron chi connectivity index (χ2n) is 10.5. The van der Waals surface area contributed by atoms with Crippen LogP contribution in [0.5, 0.6) is 0 Å². The lowest BCUT2D eigenvalue weighted by molar-refractivity contribution is 0.0142. The highest BCUT2D eigenvalue weighted by molar-refractivity contribution is 5.75. The van der Waals surface area contributed by atoms with Crippen molar-refractivity contribution in [3.05, 3.63) is 83.6 Å². The summed E-state index contributed by atoms with van der Waals surface area (Å²) in [7, 11) is 0. The molecule has 0 aliphatic carbocycles. The number of nitrogens with zero attached hydrogens (tertiary/aromatic N) is 2. The van der Waals surface area contributed by atoms with Crippen LogP contribution in [0.3, 0.4) is 0 Å². The van der Waals surface area contributed by atoms with E-state index in [1.54, 1.807) is 0 Å². The third-order valence-corrected chi connectivity index (χ3v) is 8.20. The van der Waals surface area contributed by atoms with Gasteiger partial charge in [-0.05, 0) is 67.6 Å². The van der Waals surface area contributed by atoms with Crippen LogP contribution in [0.2, 0.25) is 0 Å². The maximum atomic E-state index is 13.5. The summed E-state index contributed by atoms with van der Waals surface area (Å²) in [6.07, 6.45) is 7.20. The molecule has 4 rings (SSSR count). The number of rotatable bonds is 11. The molecule has 0 aromatic heterocycles. The molecule has 2 aliphatic heterocycles. The lowest BCUT2D eigenvalue weighted by Crippen LogP contribution is -2.46. The van der Waals surface area contributed by atoms with E-state index in [4.69, 9.17) is 4.74 Å². The van der Waals surface area contributed by atoms with Gasteiger partial charge in [0.2, 0.25) is 0 Å². The molecule has 1 unspecified atom stereocenters. The van der Waals surface area contributed by atoms with Gasteiger partial charge in [-0.1, -0.05) is 57.5 Å². The topological polar surface area (TPSA) is 32.8 Å². The molecule has 2 fully saturated rings.